The standard InChI is InChI=1S/C35H38ClNO11S/c1-18(38)43-17-27-32(45-20(3)40)26(44-19(2)39)14-30(47-27)46-25-13-24-31(23-10-8-7-9-22(23)25)21(15-36)16-37(24)33(41)28-11-12-29(49-28)34(42)48-35(4,5)6/h7-13,21,26-27,30,32H,14-17H2,1-6H3/t21-,26-,27-,30-,32-/m1/s1. The molecule has 3 aromatic rings. The molecule has 0 bridgehead atoms. The smallest absolute Gasteiger partial charge is 0.348 e. The highest BCUT2D eigenvalue weighted by molar-refractivity contribution is 7.16. The highest BCUT2D eigenvalue weighted by Crippen LogP contribution is 2.47. The fraction of sp³-hybridized carbons (Fsp3) is 0.457. The maximum Gasteiger partial charge on any atom is 0.348 e. The summed E-state index contributed by atoms with van der Waals surface area (Å²) in [5, 5.41) is 1.54. The molecule has 1 fully saturated rings. The number of rotatable bonds is 9. The van der Waals surface area contributed by atoms with E-state index in [1.807, 2.05) is 24.3 Å². The van der Waals surface area contributed by atoms with Crippen LogP contribution in [0.3, 0.4) is 0 Å². The van der Waals surface area contributed by atoms with Gasteiger partial charge in [-0.15, -0.1) is 22.9 Å². The minimum atomic E-state index is -1.06. The minimum absolute atomic E-state index is 0.0188. The molecule has 3 heterocycles. The van der Waals surface area contributed by atoms with E-state index < -0.39 is 54.1 Å². The Hall–Kier alpha value is -4.20. The zero-order chi connectivity index (χ0) is 35.6. The lowest BCUT2D eigenvalue weighted by molar-refractivity contribution is -0.245. The molecule has 14 heteroatoms. The lowest BCUT2D eigenvalue weighted by Gasteiger charge is -2.40. The zero-order valence-electron chi connectivity index (χ0n) is 28.0. The summed E-state index contributed by atoms with van der Waals surface area (Å²) in [6, 6.07) is 12.4. The molecular weight excluding hydrogens is 678 g/mol. The number of carbonyl (C=O) groups excluding carboxylic acids is 5. The summed E-state index contributed by atoms with van der Waals surface area (Å²) in [5.41, 5.74) is 0.769. The maximum atomic E-state index is 14.0. The van der Waals surface area contributed by atoms with Gasteiger partial charge >= 0.3 is 23.9 Å². The normalized spacial score (nSPS) is 21.9. The highest BCUT2D eigenvalue weighted by atomic mass is 35.5. The molecule has 12 nitrogen and oxygen atoms in total. The van der Waals surface area contributed by atoms with Gasteiger partial charge in [-0.2, -0.15) is 0 Å². The Morgan fingerprint density at radius 3 is 2.24 bits per heavy atom. The molecule has 2 aliphatic rings. The lowest BCUT2D eigenvalue weighted by Crippen LogP contribution is -2.54. The van der Waals surface area contributed by atoms with Gasteiger partial charge in [0.1, 0.15) is 35.0 Å². The Morgan fingerprint density at radius 2 is 1.61 bits per heavy atom. The second-order valence-electron chi connectivity index (χ2n) is 12.8. The second-order valence-corrected chi connectivity index (χ2v) is 14.2. The molecule has 5 rings (SSSR count). The van der Waals surface area contributed by atoms with Crippen LogP contribution in [0.5, 0.6) is 5.75 Å². The van der Waals surface area contributed by atoms with Crippen LogP contribution in [0, 0.1) is 0 Å². The fourth-order valence-corrected chi connectivity index (χ4v) is 7.05. The van der Waals surface area contributed by atoms with E-state index in [1.165, 1.54) is 20.8 Å². The summed E-state index contributed by atoms with van der Waals surface area (Å²) in [7, 11) is 0. The van der Waals surface area contributed by atoms with E-state index in [0.29, 0.717) is 27.7 Å². The first-order valence-corrected chi connectivity index (χ1v) is 17.1. The number of thiophene rings is 1. The number of halogens is 1. The number of benzene rings is 2. The number of hydrogen-bond acceptors (Lipinski definition) is 12. The number of anilines is 1. The second kappa shape index (κ2) is 14.7. The number of esters is 4. The molecule has 0 saturated carbocycles. The van der Waals surface area contributed by atoms with Gasteiger partial charge in [0.15, 0.2) is 6.10 Å². The van der Waals surface area contributed by atoms with Gasteiger partial charge in [-0.1, -0.05) is 24.3 Å². The Balaban J connectivity index is 1.50. The summed E-state index contributed by atoms with van der Waals surface area (Å²) < 4.78 is 34.3. The van der Waals surface area contributed by atoms with Crippen molar-refractivity contribution in [2.75, 3.05) is 23.9 Å². The van der Waals surface area contributed by atoms with E-state index in [0.717, 1.165) is 27.7 Å². The Morgan fingerprint density at radius 1 is 0.939 bits per heavy atom. The van der Waals surface area contributed by atoms with Crippen molar-refractivity contribution in [2.45, 2.75) is 84.1 Å². The number of fused-ring (bicyclic) bond motifs is 3. The maximum absolute atomic E-state index is 14.0. The lowest BCUT2D eigenvalue weighted by atomic mass is 9.95. The zero-order valence-corrected chi connectivity index (χ0v) is 29.6. The van der Waals surface area contributed by atoms with E-state index in [4.69, 9.17) is 40.0 Å². The van der Waals surface area contributed by atoms with Gasteiger partial charge < -0.3 is 33.3 Å². The van der Waals surface area contributed by atoms with Gasteiger partial charge in [0.25, 0.3) is 5.91 Å². The number of amides is 1. The largest absolute Gasteiger partial charge is 0.464 e. The van der Waals surface area contributed by atoms with E-state index in [-0.39, 0.29) is 30.7 Å². The van der Waals surface area contributed by atoms with Gasteiger partial charge in [-0.05, 0) is 43.9 Å². The Bertz CT molecular complexity index is 1770. The van der Waals surface area contributed by atoms with E-state index >= 15 is 0 Å². The molecule has 5 atom stereocenters. The summed E-state index contributed by atoms with van der Waals surface area (Å²) in [6.45, 7) is 9.00. The van der Waals surface area contributed by atoms with Crippen LogP contribution in [0.4, 0.5) is 5.69 Å². The van der Waals surface area contributed by atoms with Crippen molar-refractivity contribution >= 4 is 69.2 Å². The first kappa shape index (κ1) is 36.1. The summed E-state index contributed by atoms with van der Waals surface area (Å²) >= 11 is 7.52. The predicted molar refractivity (Wildman–Crippen MR) is 180 cm³/mol. The minimum Gasteiger partial charge on any atom is -0.464 e. The molecule has 0 aliphatic carbocycles. The van der Waals surface area contributed by atoms with Crippen molar-refractivity contribution in [3.8, 4) is 5.75 Å². The summed E-state index contributed by atoms with van der Waals surface area (Å²) in [5.74, 6) is -2.23. The number of hydrogen-bond donors (Lipinski definition) is 0. The molecule has 49 heavy (non-hydrogen) atoms. The van der Waals surface area contributed by atoms with Crippen LogP contribution in [-0.4, -0.2) is 79.0 Å². The number of alkyl halides is 1. The topological polar surface area (TPSA) is 144 Å². The first-order chi connectivity index (χ1) is 23.1. The van der Waals surface area contributed by atoms with Gasteiger partial charge in [-0.25, -0.2) is 4.79 Å². The van der Waals surface area contributed by atoms with Gasteiger partial charge in [0.2, 0.25) is 6.29 Å². The average Bonchev–Trinajstić information content (AvgIpc) is 3.66. The summed E-state index contributed by atoms with van der Waals surface area (Å²) in [4.78, 5) is 64.7. The van der Waals surface area contributed by atoms with Crippen LogP contribution in [0.15, 0.2) is 42.5 Å². The molecule has 0 radical (unpaired) electrons. The van der Waals surface area contributed by atoms with Crippen LogP contribution in [-0.2, 0) is 38.1 Å². The molecule has 262 valence electrons. The van der Waals surface area contributed by atoms with Crippen molar-refractivity contribution in [3.63, 3.8) is 0 Å². The third-order valence-electron chi connectivity index (χ3n) is 7.79. The number of nitrogens with zero attached hydrogens (tertiary/aromatic N) is 1. The van der Waals surface area contributed by atoms with Crippen molar-refractivity contribution in [2.24, 2.45) is 0 Å². The molecule has 1 aromatic heterocycles. The predicted octanol–water partition coefficient (Wildman–Crippen LogP) is 5.76. The third-order valence-corrected chi connectivity index (χ3v) is 9.22. The fourth-order valence-electron chi connectivity index (χ4n) is 5.97. The molecule has 0 N–H and O–H groups in total. The Labute approximate surface area is 292 Å². The monoisotopic (exact) mass is 715 g/mol. The molecule has 1 amide bonds. The average molecular weight is 716 g/mol. The quantitative estimate of drug-likeness (QED) is 0.152. The van der Waals surface area contributed by atoms with E-state index in [2.05, 4.69) is 0 Å². The van der Waals surface area contributed by atoms with Crippen LogP contribution < -0.4 is 9.64 Å². The van der Waals surface area contributed by atoms with Gasteiger partial charge in [-0.3, -0.25) is 19.2 Å². The first-order valence-electron chi connectivity index (χ1n) is 15.7. The van der Waals surface area contributed by atoms with Crippen LogP contribution >= 0.6 is 22.9 Å². The molecular formula is C35H38ClNO11S. The van der Waals surface area contributed by atoms with E-state index in [1.54, 1.807) is 43.9 Å². The van der Waals surface area contributed by atoms with Gasteiger partial charge in [0.05, 0.1) is 17.0 Å². The van der Waals surface area contributed by atoms with E-state index in [9.17, 15) is 24.0 Å². The number of carbonyl (C=O) groups is 5. The Kier molecular flexibility index (Phi) is 10.9. The highest BCUT2D eigenvalue weighted by Gasteiger charge is 2.45. The van der Waals surface area contributed by atoms with Crippen LogP contribution in [0.1, 0.15) is 78.8 Å². The van der Waals surface area contributed by atoms with Crippen molar-refractivity contribution in [3.05, 3.63) is 57.8 Å². The third kappa shape index (κ3) is 8.34. The molecule has 2 aromatic carbocycles. The SMILES string of the molecule is CC(=O)OC[C@H]1O[C@@H](Oc2cc3c(c4ccccc24)[C@H](CCl)CN3C(=O)c2ccc(C(=O)OC(C)(C)C)s2)C[C@@H](OC(C)=O)[C@H]1OC(C)=O. The van der Waals surface area contributed by atoms with Gasteiger partial charge in [0, 0.05) is 50.6 Å². The summed E-state index contributed by atoms with van der Waals surface area (Å²) in [6.07, 6.45) is -4.12. The molecule has 2 aliphatic heterocycles. The molecule has 0 spiro atoms. The van der Waals surface area contributed by atoms with Crippen molar-refractivity contribution < 1.29 is 52.4 Å². The molecule has 0 unspecified atom stereocenters. The van der Waals surface area contributed by atoms with Crippen LogP contribution in [0.25, 0.3) is 10.8 Å². The van der Waals surface area contributed by atoms with Crippen molar-refractivity contribution in [1.82, 2.24) is 0 Å². The van der Waals surface area contributed by atoms with Crippen molar-refractivity contribution in [1.29, 1.82) is 0 Å². The van der Waals surface area contributed by atoms with Crippen LogP contribution in [0.2, 0.25) is 0 Å². The number of ether oxygens (including phenoxy) is 6. The molecule has 1 saturated heterocycles.